The van der Waals surface area contributed by atoms with Crippen molar-refractivity contribution in [1.82, 2.24) is 19.8 Å². The van der Waals surface area contributed by atoms with Gasteiger partial charge in [0.1, 0.15) is 0 Å². The van der Waals surface area contributed by atoms with Crippen molar-refractivity contribution in [2.45, 2.75) is 19.5 Å². The van der Waals surface area contributed by atoms with Gasteiger partial charge >= 0.3 is 0 Å². The predicted octanol–water partition coefficient (Wildman–Crippen LogP) is 1.54. The summed E-state index contributed by atoms with van der Waals surface area (Å²) in [7, 11) is 5.58. The van der Waals surface area contributed by atoms with E-state index in [9.17, 15) is 4.79 Å². The zero-order valence-electron chi connectivity index (χ0n) is 12.4. The molecule has 0 aliphatic carbocycles. The molecule has 0 aliphatic heterocycles. The quantitative estimate of drug-likeness (QED) is 0.847. The van der Waals surface area contributed by atoms with E-state index >= 15 is 0 Å². The van der Waals surface area contributed by atoms with Crippen LogP contribution in [0.5, 0.6) is 0 Å². The van der Waals surface area contributed by atoms with E-state index in [1.807, 2.05) is 50.2 Å². The largest absolute Gasteiger partial charge is 0.338 e. The molecule has 20 heavy (non-hydrogen) atoms. The van der Waals surface area contributed by atoms with Gasteiger partial charge in [-0.05, 0) is 33.2 Å². The molecule has 1 atom stereocenters. The van der Waals surface area contributed by atoms with Gasteiger partial charge in [0.15, 0.2) is 0 Å². The maximum atomic E-state index is 12.2. The zero-order chi connectivity index (χ0) is 14.7. The molecule has 0 fully saturated rings. The van der Waals surface area contributed by atoms with E-state index in [1.165, 1.54) is 0 Å². The summed E-state index contributed by atoms with van der Waals surface area (Å²) in [5, 5.41) is 0. The molecule has 0 spiro atoms. The first-order valence-corrected chi connectivity index (χ1v) is 6.61. The van der Waals surface area contributed by atoms with Crippen LogP contribution in [0.2, 0.25) is 0 Å². The average molecular weight is 272 g/mol. The number of likely N-dealkylation sites (N-methyl/N-ethyl adjacent to an activating group) is 2. The first-order valence-electron chi connectivity index (χ1n) is 6.61. The highest BCUT2D eigenvalue weighted by Gasteiger charge is 2.19. The topological polar surface area (TPSA) is 49.3 Å². The van der Waals surface area contributed by atoms with Crippen LogP contribution >= 0.6 is 0 Å². The number of para-hydroxylation sites is 2. The molecule has 2 rings (SSSR count). The molecule has 0 N–H and O–H groups in total. The van der Waals surface area contributed by atoms with Crippen molar-refractivity contribution in [3.05, 3.63) is 36.2 Å². The summed E-state index contributed by atoms with van der Waals surface area (Å²) in [4.78, 5) is 24.7. The second-order valence-electron chi connectivity index (χ2n) is 5.18. The number of carbonyl (C=O) groups is 1. The van der Waals surface area contributed by atoms with E-state index in [0.717, 1.165) is 16.7 Å². The number of nitrogens with zero attached hydrogens (tertiary/aromatic N) is 4. The van der Waals surface area contributed by atoms with Gasteiger partial charge in [-0.3, -0.25) is 14.7 Å². The lowest BCUT2D eigenvalue weighted by Crippen LogP contribution is -2.42. The summed E-state index contributed by atoms with van der Waals surface area (Å²) in [6.07, 6.45) is 1.73. The molecule has 106 valence electrons. The van der Waals surface area contributed by atoms with Crippen molar-refractivity contribution in [2.24, 2.45) is 0 Å². The van der Waals surface area contributed by atoms with E-state index in [2.05, 4.69) is 9.97 Å². The molecular formula is C15H20N4O. The normalized spacial score (nSPS) is 12.7. The Morgan fingerprint density at radius 3 is 2.50 bits per heavy atom. The van der Waals surface area contributed by atoms with Crippen LogP contribution in [0.1, 0.15) is 12.6 Å². The first kappa shape index (κ1) is 14.4. The zero-order valence-corrected chi connectivity index (χ0v) is 12.4. The lowest BCUT2D eigenvalue weighted by atomic mass is 10.2. The maximum Gasteiger partial charge on any atom is 0.239 e. The molecule has 5 heteroatoms. The average Bonchev–Trinajstić information content (AvgIpc) is 2.45. The van der Waals surface area contributed by atoms with Crippen LogP contribution in [0.3, 0.4) is 0 Å². The molecular weight excluding hydrogens is 252 g/mol. The van der Waals surface area contributed by atoms with Gasteiger partial charge < -0.3 is 4.90 Å². The fourth-order valence-electron chi connectivity index (χ4n) is 1.93. The Kier molecular flexibility index (Phi) is 4.29. The van der Waals surface area contributed by atoms with E-state index in [1.54, 1.807) is 18.1 Å². The van der Waals surface area contributed by atoms with Crippen molar-refractivity contribution in [2.75, 3.05) is 21.1 Å². The van der Waals surface area contributed by atoms with Gasteiger partial charge in [-0.15, -0.1) is 0 Å². The van der Waals surface area contributed by atoms with Gasteiger partial charge in [0.05, 0.1) is 35.5 Å². The number of aromatic nitrogens is 2. The lowest BCUT2D eigenvalue weighted by Gasteiger charge is -2.25. The molecule has 0 aliphatic rings. The summed E-state index contributed by atoms with van der Waals surface area (Å²) in [5.74, 6) is 0.0740. The summed E-state index contributed by atoms with van der Waals surface area (Å²) in [5.41, 5.74) is 2.52. The van der Waals surface area contributed by atoms with Crippen LogP contribution in [0.15, 0.2) is 30.5 Å². The van der Waals surface area contributed by atoms with Crippen LogP contribution in [0.4, 0.5) is 0 Å². The molecule has 2 aromatic rings. The third-order valence-corrected chi connectivity index (χ3v) is 3.41. The number of carbonyl (C=O) groups excluding carboxylic acids is 1. The fraction of sp³-hybridized carbons (Fsp3) is 0.400. The minimum absolute atomic E-state index is 0.0740. The van der Waals surface area contributed by atoms with E-state index in [-0.39, 0.29) is 11.9 Å². The molecule has 0 bridgehead atoms. The SMILES string of the molecule is CC(C(=O)N(C)Cc1cnc2ccccc2n1)N(C)C. The highest BCUT2D eigenvalue weighted by Crippen LogP contribution is 2.10. The van der Waals surface area contributed by atoms with Crippen LogP contribution in [-0.2, 0) is 11.3 Å². The molecule has 1 amide bonds. The molecule has 0 radical (unpaired) electrons. The number of benzene rings is 1. The molecule has 1 heterocycles. The fourth-order valence-corrected chi connectivity index (χ4v) is 1.93. The number of rotatable bonds is 4. The van der Waals surface area contributed by atoms with Crippen molar-refractivity contribution in [1.29, 1.82) is 0 Å². The Morgan fingerprint density at radius 2 is 1.85 bits per heavy atom. The highest BCUT2D eigenvalue weighted by molar-refractivity contribution is 5.81. The van der Waals surface area contributed by atoms with Gasteiger partial charge in [0.25, 0.3) is 0 Å². The Labute approximate surface area is 119 Å². The third kappa shape index (κ3) is 3.11. The second kappa shape index (κ2) is 5.96. The van der Waals surface area contributed by atoms with Crippen LogP contribution in [0, 0.1) is 0 Å². The molecule has 0 saturated heterocycles. The van der Waals surface area contributed by atoms with Gasteiger partial charge in [0.2, 0.25) is 5.91 Å². The predicted molar refractivity (Wildman–Crippen MR) is 79.2 cm³/mol. The second-order valence-corrected chi connectivity index (χ2v) is 5.18. The monoisotopic (exact) mass is 272 g/mol. The van der Waals surface area contributed by atoms with E-state index in [0.29, 0.717) is 6.54 Å². The molecule has 0 saturated carbocycles. The number of fused-ring (bicyclic) bond motifs is 1. The van der Waals surface area contributed by atoms with Gasteiger partial charge in [-0.25, -0.2) is 4.98 Å². The lowest BCUT2D eigenvalue weighted by molar-refractivity contribution is -0.134. The summed E-state index contributed by atoms with van der Waals surface area (Å²) < 4.78 is 0. The summed E-state index contributed by atoms with van der Waals surface area (Å²) >= 11 is 0. The van der Waals surface area contributed by atoms with Crippen molar-refractivity contribution in [3.63, 3.8) is 0 Å². The summed E-state index contributed by atoms with van der Waals surface area (Å²) in [6.45, 7) is 2.36. The van der Waals surface area contributed by atoms with Crippen molar-refractivity contribution >= 4 is 16.9 Å². The number of amides is 1. The Hall–Kier alpha value is -2.01. The van der Waals surface area contributed by atoms with Gasteiger partial charge in [-0.2, -0.15) is 0 Å². The minimum Gasteiger partial charge on any atom is -0.338 e. The van der Waals surface area contributed by atoms with Gasteiger partial charge in [0, 0.05) is 7.05 Å². The highest BCUT2D eigenvalue weighted by atomic mass is 16.2. The van der Waals surface area contributed by atoms with Crippen molar-refractivity contribution < 1.29 is 4.79 Å². The standard InChI is InChI=1S/C15H20N4O/c1-11(18(2)3)15(20)19(4)10-12-9-16-13-7-5-6-8-14(13)17-12/h5-9,11H,10H2,1-4H3. The molecule has 5 nitrogen and oxygen atoms in total. The Bertz CT molecular complexity index is 612. The van der Waals surface area contributed by atoms with Gasteiger partial charge in [-0.1, -0.05) is 12.1 Å². The van der Waals surface area contributed by atoms with E-state index in [4.69, 9.17) is 0 Å². The molecule has 1 aromatic heterocycles. The minimum atomic E-state index is -0.145. The Morgan fingerprint density at radius 1 is 1.20 bits per heavy atom. The number of hydrogen-bond acceptors (Lipinski definition) is 4. The maximum absolute atomic E-state index is 12.2. The van der Waals surface area contributed by atoms with Crippen LogP contribution in [-0.4, -0.2) is 52.9 Å². The molecule has 1 unspecified atom stereocenters. The number of hydrogen-bond donors (Lipinski definition) is 0. The first-order chi connectivity index (χ1) is 9.49. The third-order valence-electron chi connectivity index (χ3n) is 3.41. The van der Waals surface area contributed by atoms with E-state index < -0.39 is 0 Å². The van der Waals surface area contributed by atoms with Crippen LogP contribution in [0.25, 0.3) is 11.0 Å². The van der Waals surface area contributed by atoms with Crippen molar-refractivity contribution in [3.8, 4) is 0 Å². The Balaban J connectivity index is 2.13. The van der Waals surface area contributed by atoms with Crippen LogP contribution < -0.4 is 0 Å². The summed E-state index contributed by atoms with van der Waals surface area (Å²) in [6, 6.07) is 7.58. The molecule has 1 aromatic carbocycles. The smallest absolute Gasteiger partial charge is 0.239 e.